The highest BCUT2D eigenvalue weighted by Crippen LogP contribution is 2.06. The van der Waals surface area contributed by atoms with Gasteiger partial charge in [0.2, 0.25) is 0 Å². The van der Waals surface area contributed by atoms with Crippen molar-refractivity contribution in [3.8, 4) is 0 Å². The fraction of sp³-hybridized carbons (Fsp3) is 0.611. The lowest BCUT2D eigenvalue weighted by atomic mass is 10.2. The first-order valence-electron chi connectivity index (χ1n) is 8.21. The molecule has 0 radical (unpaired) electrons. The molecule has 0 spiro atoms. The van der Waals surface area contributed by atoms with Gasteiger partial charge in [0.15, 0.2) is 0 Å². The fourth-order valence-corrected chi connectivity index (χ4v) is 1.60. The first-order chi connectivity index (χ1) is 11.4. The van der Waals surface area contributed by atoms with Gasteiger partial charge in [-0.3, -0.25) is 4.79 Å². The molecule has 1 unspecified atom stereocenters. The van der Waals surface area contributed by atoms with Crippen molar-refractivity contribution in [2.24, 2.45) is 0 Å². The first-order valence-corrected chi connectivity index (χ1v) is 8.21. The Kier molecular flexibility index (Phi) is 17.4. The van der Waals surface area contributed by atoms with Crippen LogP contribution in [-0.2, 0) is 23.9 Å². The molecule has 1 heterocycles. The highest BCUT2D eigenvalue weighted by Gasteiger charge is 2.05. The van der Waals surface area contributed by atoms with Gasteiger partial charge in [-0.05, 0) is 32.6 Å². The zero-order chi connectivity index (χ0) is 18.8. The van der Waals surface area contributed by atoms with Crippen LogP contribution in [0.4, 0.5) is 0 Å². The number of aliphatic carboxylic acids is 1. The van der Waals surface area contributed by atoms with Gasteiger partial charge in [0.1, 0.15) is 0 Å². The topological polar surface area (TPSA) is 89.9 Å². The average Bonchev–Trinajstić information content (AvgIpc) is 2.81. The maximum absolute atomic E-state index is 10.6. The van der Waals surface area contributed by atoms with E-state index in [0.29, 0.717) is 13.0 Å². The van der Waals surface area contributed by atoms with Crippen LogP contribution in [0.5, 0.6) is 0 Å². The molecule has 1 aliphatic heterocycles. The Balaban J connectivity index is 0. The number of cyclic esters (lactones) is 1. The third-order valence-electron chi connectivity index (χ3n) is 2.91. The lowest BCUT2D eigenvalue weighted by Crippen LogP contribution is -2.12. The van der Waals surface area contributed by atoms with Crippen molar-refractivity contribution < 1.29 is 29.0 Å². The molecule has 0 aromatic carbocycles. The van der Waals surface area contributed by atoms with E-state index in [2.05, 4.69) is 20.1 Å². The molecule has 1 fully saturated rings. The summed E-state index contributed by atoms with van der Waals surface area (Å²) in [4.78, 5) is 30.4. The average molecular weight is 342 g/mol. The number of unbranched alkanes of at least 4 members (excludes halogenated alkanes) is 1. The maximum Gasteiger partial charge on any atom is 0.330 e. The highest BCUT2D eigenvalue weighted by atomic mass is 16.5. The Morgan fingerprint density at radius 3 is 2.42 bits per heavy atom. The van der Waals surface area contributed by atoms with Crippen molar-refractivity contribution in [1.82, 2.24) is 0 Å². The lowest BCUT2D eigenvalue weighted by Gasteiger charge is -2.10. The second kappa shape index (κ2) is 17.2. The van der Waals surface area contributed by atoms with Crippen LogP contribution < -0.4 is 0 Å². The number of carboxylic acids is 1. The second-order valence-corrected chi connectivity index (χ2v) is 5.17. The summed E-state index contributed by atoms with van der Waals surface area (Å²) in [5.41, 5.74) is 0. The van der Waals surface area contributed by atoms with Crippen molar-refractivity contribution in [2.75, 3.05) is 6.61 Å². The summed E-state index contributed by atoms with van der Waals surface area (Å²) in [6, 6.07) is 0. The predicted molar refractivity (Wildman–Crippen MR) is 92.5 cm³/mol. The monoisotopic (exact) mass is 342 g/mol. The van der Waals surface area contributed by atoms with Crippen molar-refractivity contribution >= 4 is 17.9 Å². The Labute approximate surface area is 144 Å². The molecule has 0 saturated carbocycles. The number of carbonyl (C=O) groups is 3. The molecule has 138 valence electrons. The van der Waals surface area contributed by atoms with Gasteiger partial charge in [-0.2, -0.15) is 0 Å². The summed E-state index contributed by atoms with van der Waals surface area (Å²) < 4.78 is 9.71. The molecule has 1 saturated heterocycles. The summed E-state index contributed by atoms with van der Waals surface area (Å²) >= 11 is 0. The number of carboxylic acid groups (broad SMARTS) is 1. The summed E-state index contributed by atoms with van der Waals surface area (Å²) in [6.45, 7) is 10.9. The minimum absolute atomic E-state index is 0.0255. The van der Waals surface area contributed by atoms with Crippen LogP contribution in [0, 0.1) is 0 Å². The highest BCUT2D eigenvalue weighted by molar-refractivity contribution is 5.81. The zero-order valence-electron chi connectivity index (χ0n) is 14.8. The SMILES string of the molecule is C=CC(=O)O.C=CC(=O)OC(C)CCCC.O=C1CCCCCO1. The number of hydrogen-bond donors (Lipinski definition) is 1. The molecule has 0 amide bonds. The number of carbonyl (C=O) groups excluding carboxylic acids is 2. The molecule has 6 nitrogen and oxygen atoms in total. The molecule has 1 N–H and O–H groups in total. The van der Waals surface area contributed by atoms with Gasteiger partial charge >= 0.3 is 17.9 Å². The molecule has 1 rings (SSSR count). The smallest absolute Gasteiger partial charge is 0.330 e. The summed E-state index contributed by atoms with van der Waals surface area (Å²) in [7, 11) is 0. The molecule has 1 atom stereocenters. The van der Waals surface area contributed by atoms with E-state index in [1.165, 1.54) is 6.08 Å². The number of esters is 2. The van der Waals surface area contributed by atoms with Gasteiger partial charge in [-0.25, -0.2) is 9.59 Å². The van der Waals surface area contributed by atoms with Crippen LogP contribution >= 0.6 is 0 Å². The largest absolute Gasteiger partial charge is 0.478 e. The number of hydrogen-bond acceptors (Lipinski definition) is 5. The Hall–Kier alpha value is -2.11. The van der Waals surface area contributed by atoms with Crippen molar-refractivity contribution in [3.63, 3.8) is 0 Å². The quantitative estimate of drug-likeness (QED) is 0.585. The van der Waals surface area contributed by atoms with Gasteiger partial charge < -0.3 is 14.6 Å². The van der Waals surface area contributed by atoms with E-state index in [9.17, 15) is 14.4 Å². The van der Waals surface area contributed by atoms with E-state index in [-0.39, 0.29) is 18.0 Å². The molecule has 24 heavy (non-hydrogen) atoms. The zero-order valence-corrected chi connectivity index (χ0v) is 14.8. The van der Waals surface area contributed by atoms with E-state index in [1.54, 1.807) is 0 Å². The van der Waals surface area contributed by atoms with Gasteiger partial charge in [0.05, 0.1) is 12.7 Å². The van der Waals surface area contributed by atoms with Crippen LogP contribution in [0.2, 0.25) is 0 Å². The molecule has 0 aromatic heterocycles. The maximum atomic E-state index is 10.6. The summed E-state index contributed by atoms with van der Waals surface area (Å²) in [5, 5.41) is 7.60. The van der Waals surface area contributed by atoms with Gasteiger partial charge in [-0.15, -0.1) is 0 Å². The molecule has 0 aliphatic carbocycles. The second-order valence-electron chi connectivity index (χ2n) is 5.17. The molecule has 6 heteroatoms. The number of ether oxygens (including phenoxy) is 2. The van der Waals surface area contributed by atoms with Gasteiger partial charge in [-0.1, -0.05) is 32.9 Å². The van der Waals surface area contributed by atoms with Gasteiger partial charge in [0.25, 0.3) is 0 Å². The van der Waals surface area contributed by atoms with E-state index in [4.69, 9.17) is 14.6 Å². The minimum Gasteiger partial charge on any atom is -0.478 e. The Morgan fingerprint density at radius 1 is 1.29 bits per heavy atom. The van der Waals surface area contributed by atoms with Crippen LogP contribution in [0.1, 0.15) is 58.8 Å². The third kappa shape index (κ3) is 19.9. The molecule has 1 aliphatic rings. The standard InChI is InChI=1S/C9H16O2.C6H10O2.C3H4O2/c1-4-6-7-8(3)11-9(10)5-2;7-6-4-2-1-3-5-8-6;1-2-3(4)5/h5,8H,2,4,6-7H2,1,3H3;1-5H2;2H,1H2,(H,4,5). The summed E-state index contributed by atoms with van der Waals surface area (Å²) in [5.74, 6) is -1.33. The van der Waals surface area contributed by atoms with Crippen LogP contribution in [0.25, 0.3) is 0 Å². The van der Waals surface area contributed by atoms with E-state index < -0.39 is 5.97 Å². The predicted octanol–water partition coefficient (Wildman–Crippen LogP) is 3.65. The van der Waals surface area contributed by atoms with E-state index in [1.807, 2.05) is 6.92 Å². The normalized spacial score (nSPS) is 14.2. The van der Waals surface area contributed by atoms with Gasteiger partial charge in [0, 0.05) is 18.6 Å². The third-order valence-corrected chi connectivity index (χ3v) is 2.91. The van der Waals surface area contributed by atoms with E-state index >= 15 is 0 Å². The lowest BCUT2D eigenvalue weighted by molar-refractivity contribution is -0.143. The van der Waals surface area contributed by atoms with Crippen molar-refractivity contribution in [3.05, 3.63) is 25.3 Å². The Morgan fingerprint density at radius 2 is 1.92 bits per heavy atom. The molecule has 0 bridgehead atoms. The Bertz CT molecular complexity index is 379. The van der Waals surface area contributed by atoms with Crippen LogP contribution in [-0.4, -0.2) is 35.7 Å². The molecular weight excluding hydrogens is 312 g/mol. The fourth-order valence-electron chi connectivity index (χ4n) is 1.60. The molecular formula is C18H30O6. The first kappa shape index (κ1) is 24.1. The van der Waals surface area contributed by atoms with Crippen molar-refractivity contribution in [1.29, 1.82) is 0 Å². The minimum atomic E-state index is -0.981. The number of rotatable bonds is 6. The molecule has 0 aromatic rings. The van der Waals surface area contributed by atoms with Crippen LogP contribution in [0.15, 0.2) is 25.3 Å². The van der Waals surface area contributed by atoms with Crippen molar-refractivity contribution in [2.45, 2.75) is 64.9 Å². The summed E-state index contributed by atoms with van der Waals surface area (Å²) in [6.07, 6.45) is 9.07. The van der Waals surface area contributed by atoms with E-state index in [0.717, 1.165) is 44.6 Å². The van der Waals surface area contributed by atoms with Crippen LogP contribution in [0.3, 0.4) is 0 Å².